The lowest BCUT2D eigenvalue weighted by Gasteiger charge is -2.40. The Morgan fingerprint density at radius 2 is 2.10 bits per heavy atom. The molecule has 1 aliphatic rings. The number of likely N-dealkylation sites (tertiary alicyclic amines) is 1. The van der Waals surface area contributed by atoms with Crippen molar-refractivity contribution in [2.24, 2.45) is 5.73 Å². The number of halogens is 2. The van der Waals surface area contributed by atoms with E-state index in [0.29, 0.717) is 32.9 Å². The zero-order valence-corrected chi connectivity index (χ0v) is 14.8. The number of rotatable bonds is 3. The molecular weight excluding hydrogens is 374 g/mol. The van der Waals surface area contributed by atoms with Gasteiger partial charge in [0.25, 0.3) is 5.91 Å². The lowest BCUT2D eigenvalue weighted by molar-refractivity contribution is 0.0889. The molecule has 2 rings (SSSR count). The predicted molar refractivity (Wildman–Crippen MR) is 92.9 cm³/mol. The van der Waals surface area contributed by atoms with Crippen molar-refractivity contribution in [3.05, 3.63) is 33.3 Å². The first-order valence-corrected chi connectivity index (χ1v) is 8.18. The maximum Gasteiger partial charge on any atom is 0.253 e. The highest BCUT2D eigenvalue weighted by Crippen LogP contribution is 2.25. The van der Waals surface area contributed by atoms with Gasteiger partial charge in [-0.25, -0.2) is 0 Å². The summed E-state index contributed by atoms with van der Waals surface area (Å²) in [5.74, 6) is -0.221. The molecular formula is C14H17BrClN3OS. The molecule has 0 spiro atoms. The first kappa shape index (κ1) is 16.7. The van der Waals surface area contributed by atoms with E-state index in [1.807, 2.05) is 7.05 Å². The summed E-state index contributed by atoms with van der Waals surface area (Å²) < 4.78 is 0.690. The molecule has 0 aliphatic carbocycles. The van der Waals surface area contributed by atoms with Gasteiger partial charge in [0.05, 0.1) is 16.1 Å². The van der Waals surface area contributed by atoms with Gasteiger partial charge in [-0.1, -0.05) is 23.8 Å². The van der Waals surface area contributed by atoms with Crippen molar-refractivity contribution in [3.63, 3.8) is 0 Å². The minimum Gasteiger partial charge on any atom is -0.391 e. The summed E-state index contributed by atoms with van der Waals surface area (Å²) in [7, 11) is 2.04. The molecule has 0 radical (unpaired) electrons. The second kappa shape index (κ2) is 6.60. The van der Waals surface area contributed by atoms with Crippen molar-refractivity contribution in [2.45, 2.75) is 18.4 Å². The van der Waals surface area contributed by atoms with Crippen LogP contribution in [0.25, 0.3) is 0 Å². The monoisotopic (exact) mass is 389 g/mol. The van der Waals surface area contributed by atoms with Gasteiger partial charge in [0.15, 0.2) is 0 Å². The largest absolute Gasteiger partial charge is 0.391 e. The first-order valence-electron chi connectivity index (χ1n) is 6.60. The third kappa shape index (κ3) is 3.74. The second-order valence-corrected chi connectivity index (χ2v) is 7.06. The summed E-state index contributed by atoms with van der Waals surface area (Å²) in [6.07, 6.45) is 1.42. The molecule has 7 heteroatoms. The Labute approximate surface area is 143 Å². The lowest BCUT2D eigenvalue weighted by atomic mass is 9.87. The summed E-state index contributed by atoms with van der Waals surface area (Å²) in [4.78, 5) is 15.1. The van der Waals surface area contributed by atoms with E-state index >= 15 is 0 Å². The van der Waals surface area contributed by atoms with E-state index < -0.39 is 5.54 Å². The van der Waals surface area contributed by atoms with Crippen molar-refractivity contribution in [2.75, 3.05) is 20.1 Å². The summed E-state index contributed by atoms with van der Waals surface area (Å²) in [6.45, 7) is 1.68. The number of hydrogen-bond acceptors (Lipinski definition) is 3. The van der Waals surface area contributed by atoms with Crippen LogP contribution in [0.15, 0.2) is 22.7 Å². The van der Waals surface area contributed by atoms with Gasteiger partial charge in [-0.05, 0) is 54.0 Å². The van der Waals surface area contributed by atoms with Gasteiger partial charge in [0.1, 0.15) is 0 Å². The molecule has 1 fully saturated rings. The van der Waals surface area contributed by atoms with Crippen molar-refractivity contribution >= 4 is 50.6 Å². The highest BCUT2D eigenvalue weighted by Gasteiger charge is 2.38. The molecule has 114 valence electrons. The number of hydrogen-bond donors (Lipinski definition) is 2. The molecule has 0 unspecified atom stereocenters. The number of amides is 1. The van der Waals surface area contributed by atoms with Crippen LogP contribution in [0.4, 0.5) is 0 Å². The Kier molecular flexibility index (Phi) is 5.24. The Morgan fingerprint density at radius 3 is 2.67 bits per heavy atom. The van der Waals surface area contributed by atoms with E-state index in [1.54, 1.807) is 18.2 Å². The van der Waals surface area contributed by atoms with Crippen molar-refractivity contribution in [1.29, 1.82) is 0 Å². The van der Waals surface area contributed by atoms with Crippen molar-refractivity contribution < 1.29 is 4.79 Å². The molecule has 0 atom stereocenters. The summed E-state index contributed by atoms with van der Waals surface area (Å²) in [5.41, 5.74) is 5.76. The van der Waals surface area contributed by atoms with Crippen LogP contribution >= 0.6 is 39.7 Å². The second-order valence-electron chi connectivity index (χ2n) is 5.33. The molecule has 4 nitrogen and oxygen atoms in total. The van der Waals surface area contributed by atoms with E-state index in [0.717, 1.165) is 13.1 Å². The number of carbonyl (C=O) groups excluding carboxylic acids is 1. The van der Waals surface area contributed by atoms with Gasteiger partial charge in [0.2, 0.25) is 0 Å². The third-order valence-corrected chi connectivity index (χ3v) is 5.16. The van der Waals surface area contributed by atoms with Gasteiger partial charge in [-0.15, -0.1) is 0 Å². The van der Waals surface area contributed by atoms with E-state index in [4.69, 9.17) is 29.6 Å². The smallest absolute Gasteiger partial charge is 0.253 e. The summed E-state index contributed by atoms with van der Waals surface area (Å²) in [5, 5.41) is 3.53. The fourth-order valence-corrected chi connectivity index (χ4v) is 3.24. The van der Waals surface area contributed by atoms with Crippen LogP contribution in [0.5, 0.6) is 0 Å². The SMILES string of the molecule is CN1CCC(NC(=O)c2cc(Cl)ccc2Br)(C(N)=S)CC1. The van der Waals surface area contributed by atoms with Gasteiger partial charge >= 0.3 is 0 Å². The van der Waals surface area contributed by atoms with Crippen LogP contribution in [-0.4, -0.2) is 41.5 Å². The van der Waals surface area contributed by atoms with Crippen molar-refractivity contribution in [3.8, 4) is 0 Å². The van der Waals surface area contributed by atoms with E-state index in [-0.39, 0.29) is 5.91 Å². The minimum atomic E-state index is -0.624. The number of nitrogens with zero attached hydrogens (tertiary/aromatic N) is 1. The molecule has 0 aromatic heterocycles. The van der Waals surface area contributed by atoms with Crippen LogP contribution in [-0.2, 0) is 0 Å². The van der Waals surface area contributed by atoms with E-state index in [2.05, 4.69) is 26.1 Å². The van der Waals surface area contributed by atoms with Crippen LogP contribution in [0.1, 0.15) is 23.2 Å². The molecule has 1 amide bonds. The Morgan fingerprint density at radius 1 is 1.48 bits per heavy atom. The predicted octanol–water partition coefficient (Wildman–Crippen LogP) is 2.58. The standard InChI is InChI=1S/C14H17BrClN3OS/c1-19-6-4-14(5-7-19,13(17)21)18-12(20)10-8-9(16)2-3-11(10)15/h2-3,8H,4-7H2,1H3,(H2,17,21)(H,18,20). The molecule has 1 saturated heterocycles. The number of nitrogens with two attached hydrogens (primary N) is 1. The quantitative estimate of drug-likeness (QED) is 0.779. The van der Waals surface area contributed by atoms with Gasteiger partial charge in [-0.3, -0.25) is 4.79 Å². The zero-order chi connectivity index (χ0) is 15.6. The summed E-state index contributed by atoms with van der Waals surface area (Å²) in [6, 6.07) is 5.10. The topological polar surface area (TPSA) is 58.4 Å². The van der Waals surface area contributed by atoms with E-state index in [1.165, 1.54) is 0 Å². The molecule has 1 aromatic carbocycles. The first-order chi connectivity index (χ1) is 9.84. The van der Waals surface area contributed by atoms with Gasteiger partial charge in [0, 0.05) is 22.6 Å². The maximum atomic E-state index is 12.5. The molecule has 3 N–H and O–H groups in total. The van der Waals surface area contributed by atoms with Crippen LogP contribution < -0.4 is 11.1 Å². The fraction of sp³-hybridized carbons (Fsp3) is 0.429. The Balaban J connectivity index is 2.23. The average molecular weight is 391 g/mol. The highest BCUT2D eigenvalue weighted by molar-refractivity contribution is 9.10. The van der Waals surface area contributed by atoms with Crippen molar-refractivity contribution in [1.82, 2.24) is 10.2 Å². The molecule has 1 aliphatic heterocycles. The average Bonchev–Trinajstić information content (AvgIpc) is 2.44. The Bertz CT molecular complexity index is 573. The van der Waals surface area contributed by atoms with Crippen LogP contribution in [0.3, 0.4) is 0 Å². The third-order valence-electron chi connectivity index (χ3n) is 3.84. The lowest BCUT2D eigenvalue weighted by Crippen LogP contribution is -2.61. The molecule has 0 bridgehead atoms. The number of piperidine rings is 1. The fourth-order valence-electron chi connectivity index (χ4n) is 2.39. The molecule has 21 heavy (non-hydrogen) atoms. The van der Waals surface area contributed by atoms with Crippen LogP contribution in [0, 0.1) is 0 Å². The molecule has 0 saturated carbocycles. The van der Waals surface area contributed by atoms with Gasteiger partial charge in [-0.2, -0.15) is 0 Å². The molecule has 1 heterocycles. The molecule has 1 aromatic rings. The van der Waals surface area contributed by atoms with Crippen LogP contribution in [0.2, 0.25) is 5.02 Å². The number of carbonyl (C=O) groups is 1. The minimum absolute atomic E-state index is 0.221. The number of benzene rings is 1. The van der Waals surface area contributed by atoms with Gasteiger partial charge < -0.3 is 16.0 Å². The maximum absolute atomic E-state index is 12.5. The van der Waals surface area contributed by atoms with E-state index in [9.17, 15) is 4.79 Å². The Hall–Kier alpha value is -0.690. The summed E-state index contributed by atoms with van der Waals surface area (Å²) >= 11 is 14.5. The number of thiocarbonyl (C=S) groups is 1. The number of nitrogens with one attached hydrogen (secondary N) is 1. The normalized spacial score (nSPS) is 18.2. The highest BCUT2D eigenvalue weighted by atomic mass is 79.9. The zero-order valence-electron chi connectivity index (χ0n) is 11.7.